The molecule has 8 heteroatoms. The van der Waals surface area contributed by atoms with Gasteiger partial charge in [0.1, 0.15) is 9.81 Å². The molecular formula is C15H24N2O4S2. The lowest BCUT2D eigenvalue weighted by molar-refractivity contribution is 0.0513. The molecule has 6 nitrogen and oxygen atoms in total. The highest BCUT2D eigenvalue weighted by Crippen LogP contribution is 2.26. The molecular weight excluding hydrogens is 336 g/mol. The quantitative estimate of drug-likeness (QED) is 0.896. The molecule has 1 aromatic rings. The Kier molecular flexibility index (Phi) is 5.70. The van der Waals surface area contributed by atoms with Crippen molar-refractivity contribution < 1.29 is 17.9 Å². The van der Waals surface area contributed by atoms with E-state index in [0.717, 1.165) is 12.8 Å². The van der Waals surface area contributed by atoms with E-state index in [-0.39, 0.29) is 5.92 Å². The highest BCUT2D eigenvalue weighted by atomic mass is 32.2. The van der Waals surface area contributed by atoms with Crippen molar-refractivity contribution >= 4 is 27.5 Å². The van der Waals surface area contributed by atoms with Crippen LogP contribution in [0, 0.1) is 5.92 Å². The molecule has 2 heterocycles. The first-order chi connectivity index (χ1) is 10.7. The number of sulfonamides is 1. The summed E-state index contributed by atoms with van der Waals surface area (Å²) in [6, 6.07) is 3.37. The smallest absolute Gasteiger partial charge is 0.407 e. The minimum absolute atomic E-state index is 0.103. The second-order valence-corrected chi connectivity index (χ2v) is 9.80. The van der Waals surface area contributed by atoms with Crippen LogP contribution in [0.5, 0.6) is 0 Å². The zero-order valence-electron chi connectivity index (χ0n) is 13.7. The van der Waals surface area contributed by atoms with Gasteiger partial charge >= 0.3 is 6.09 Å². The highest BCUT2D eigenvalue weighted by molar-refractivity contribution is 7.91. The van der Waals surface area contributed by atoms with Crippen molar-refractivity contribution in [3.8, 4) is 0 Å². The van der Waals surface area contributed by atoms with Crippen LogP contribution in [-0.4, -0.2) is 44.1 Å². The summed E-state index contributed by atoms with van der Waals surface area (Å²) in [6.07, 6.45) is 1.23. The average molecular weight is 361 g/mol. The van der Waals surface area contributed by atoms with Crippen LogP contribution in [0.15, 0.2) is 21.7 Å². The van der Waals surface area contributed by atoms with E-state index < -0.39 is 21.7 Å². The number of amides is 1. The zero-order valence-corrected chi connectivity index (χ0v) is 15.4. The summed E-state index contributed by atoms with van der Waals surface area (Å²) in [6.45, 7) is 6.80. The van der Waals surface area contributed by atoms with E-state index in [1.54, 1.807) is 17.5 Å². The number of carbonyl (C=O) groups is 1. The van der Waals surface area contributed by atoms with Gasteiger partial charge in [-0.25, -0.2) is 13.2 Å². The van der Waals surface area contributed by atoms with Crippen molar-refractivity contribution in [2.45, 2.75) is 43.4 Å². The number of alkyl carbamates (subject to hydrolysis) is 1. The van der Waals surface area contributed by atoms with Gasteiger partial charge in [0.05, 0.1) is 0 Å². The van der Waals surface area contributed by atoms with Crippen LogP contribution in [-0.2, 0) is 14.8 Å². The average Bonchev–Trinajstić information content (AvgIpc) is 2.98. The van der Waals surface area contributed by atoms with Gasteiger partial charge in [-0.2, -0.15) is 4.31 Å². The van der Waals surface area contributed by atoms with Gasteiger partial charge in [0, 0.05) is 19.6 Å². The monoisotopic (exact) mass is 360 g/mol. The molecule has 1 aromatic heterocycles. The standard InChI is InChI=1S/C15H24N2O4S2/c1-15(2,3)21-14(18)16-10-12-6-4-8-17(11-12)23(19,20)13-7-5-9-22-13/h5,7,9,12H,4,6,8,10-11H2,1-3H3,(H,16,18)/t12-/m1/s1. The summed E-state index contributed by atoms with van der Waals surface area (Å²) in [4.78, 5) is 11.7. The minimum Gasteiger partial charge on any atom is -0.444 e. The van der Waals surface area contributed by atoms with Gasteiger partial charge in [0.15, 0.2) is 0 Å². The van der Waals surface area contributed by atoms with Gasteiger partial charge in [-0.3, -0.25) is 0 Å². The van der Waals surface area contributed by atoms with Gasteiger partial charge in [-0.1, -0.05) is 6.07 Å². The summed E-state index contributed by atoms with van der Waals surface area (Å²) in [5.74, 6) is 0.103. The molecule has 1 atom stereocenters. The summed E-state index contributed by atoms with van der Waals surface area (Å²) in [5, 5.41) is 4.50. The summed E-state index contributed by atoms with van der Waals surface area (Å²) in [5.41, 5.74) is -0.537. The van der Waals surface area contributed by atoms with Crippen molar-refractivity contribution in [1.82, 2.24) is 9.62 Å². The Balaban J connectivity index is 1.90. The van der Waals surface area contributed by atoms with Gasteiger partial charge in [-0.05, 0) is 51.0 Å². The van der Waals surface area contributed by atoms with Crippen LogP contribution in [0.25, 0.3) is 0 Å². The van der Waals surface area contributed by atoms with E-state index >= 15 is 0 Å². The predicted octanol–water partition coefficient (Wildman–Crippen LogP) is 2.67. The van der Waals surface area contributed by atoms with Gasteiger partial charge in [-0.15, -0.1) is 11.3 Å². The number of nitrogens with zero attached hydrogens (tertiary/aromatic N) is 1. The fraction of sp³-hybridized carbons (Fsp3) is 0.667. The third-order valence-corrected chi connectivity index (χ3v) is 6.74. The molecule has 0 bridgehead atoms. The second-order valence-electron chi connectivity index (χ2n) is 6.69. The maximum absolute atomic E-state index is 12.5. The fourth-order valence-electron chi connectivity index (χ4n) is 2.49. The van der Waals surface area contributed by atoms with E-state index in [1.165, 1.54) is 15.6 Å². The first kappa shape index (κ1) is 18.2. The number of nitrogens with one attached hydrogen (secondary N) is 1. The van der Waals surface area contributed by atoms with E-state index in [2.05, 4.69) is 5.32 Å². The Morgan fingerprint density at radius 2 is 2.22 bits per heavy atom. The molecule has 1 amide bonds. The number of piperidine rings is 1. The van der Waals surface area contributed by atoms with E-state index in [0.29, 0.717) is 23.8 Å². The topological polar surface area (TPSA) is 75.7 Å². The molecule has 23 heavy (non-hydrogen) atoms. The summed E-state index contributed by atoms with van der Waals surface area (Å²) >= 11 is 1.23. The van der Waals surface area contributed by atoms with E-state index in [1.807, 2.05) is 20.8 Å². The minimum atomic E-state index is -3.41. The highest BCUT2D eigenvalue weighted by Gasteiger charge is 2.31. The normalized spacial score (nSPS) is 20.2. The molecule has 1 saturated heterocycles. The molecule has 1 aliphatic rings. The molecule has 0 radical (unpaired) electrons. The SMILES string of the molecule is CC(C)(C)OC(=O)NC[C@H]1CCCN(S(=O)(=O)c2cccs2)C1. The predicted molar refractivity (Wildman–Crippen MR) is 90.0 cm³/mol. The Morgan fingerprint density at radius 3 is 2.83 bits per heavy atom. The molecule has 1 N–H and O–H groups in total. The third kappa shape index (κ3) is 5.19. The van der Waals surface area contributed by atoms with Crippen LogP contribution in [0.4, 0.5) is 4.79 Å². The molecule has 0 spiro atoms. The number of rotatable bonds is 4. The van der Waals surface area contributed by atoms with E-state index in [4.69, 9.17) is 4.74 Å². The maximum Gasteiger partial charge on any atom is 0.407 e. The largest absolute Gasteiger partial charge is 0.444 e. The molecule has 2 rings (SSSR count). The van der Waals surface area contributed by atoms with Gasteiger partial charge < -0.3 is 10.1 Å². The van der Waals surface area contributed by atoms with Gasteiger partial charge in [0.2, 0.25) is 0 Å². The molecule has 0 unspecified atom stereocenters. The molecule has 0 aromatic carbocycles. The van der Waals surface area contributed by atoms with Gasteiger partial charge in [0.25, 0.3) is 10.0 Å². The first-order valence-electron chi connectivity index (χ1n) is 7.69. The zero-order chi connectivity index (χ0) is 17.1. The fourth-order valence-corrected chi connectivity index (χ4v) is 5.19. The number of hydrogen-bond acceptors (Lipinski definition) is 5. The molecule has 130 valence electrons. The van der Waals surface area contributed by atoms with Crippen molar-refractivity contribution in [2.75, 3.05) is 19.6 Å². The Bertz CT molecular complexity index is 620. The Hall–Kier alpha value is -1.12. The lowest BCUT2D eigenvalue weighted by atomic mass is 10.00. The van der Waals surface area contributed by atoms with Crippen LogP contribution in [0.1, 0.15) is 33.6 Å². The van der Waals surface area contributed by atoms with Crippen molar-refractivity contribution in [2.24, 2.45) is 5.92 Å². The molecule has 1 fully saturated rings. The Morgan fingerprint density at radius 1 is 1.48 bits per heavy atom. The Labute approximate surface area is 141 Å². The van der Waals surface area contributed by atoms with Crippen LogP contribution in [0.3, 0.4) is 0 Å². The number of carbonyl (C=O) groups excluding carboxylic acids is 1. The number of thiophene rings is 1. The summed E-state index contributed by atoms with van der Waals surface area (Å²) < 4.78 is 32.2. The lowest BCUT2D eigenvalue weighted by Crippen LogP contribution is -2.44. The van der Waals surface area contributed by atoms with Crippen molar-refractivity contribution in [1.29, 1.82) is 0 Å². The van der Waals surface area contributed by atoms with Crippen LogP contribution in [0.2, 0.25) is 0 Å². The third-order valence-electron chi connectivity index (χ3n) is 3.50. The maximum atomic E-state index is 12.5. The second kappa shape index (κ2) is 7.19. The van der Waals surface area contributed by atoms with Crippen molar-refractivity contribution in [3.05, 3.63) is 17.5 Å². The summed E-state index contributed by atoms with van der Waals surface area (Å²) in [7, 11) is -3.41. The molecule has 0 aliphatic carbocycles. The first-order valence-corrected chi connectivity index (χ1v) is 10.0. The molecule has 1 aliphatic heterocycles. The molecule has 0 saturated carbocycles. The van der Waals surface area contributed by atoms with Crippen LogP contribution < -0.4 is 5.32 Å². The van der Waals surface area contributed by atoms with E-state index in [9.17, 15) is 13.2 Å². The number of ether oxygens (including phenoxy) is 1. The number of hydrogen-bond donors (Lipinski definition) is 1. The lowest BCUT2D eigenvalue weighted by Gasteiger charge is -2.31. The van der Waals surface area contributed by atoms with Crippen molar-refractivity contribution in [3.63, 3.8) is 0 Å². The van der Waals surface area contributed by atoms with Crippen LogP contribution >= 0.6 is 11.3 Å².